The first-order chi connectivity index (χ1) is 12.4. The van der Waals surface area contributed by atoms with Gasteiger partial charge in [-0.05, 0) is 79.9 Å². The molecule has 26 heavy (non-hydrogen) atoms. The van der Waals surface area contributed by atoms with E-state index >= 15 is 0 Å². The van der Waals surface area contributed by atoms with Crippen molar-refractivity contribution >= 4 is 23.5 Å². The van der Waals surface area contributed by atoms with E-state index in [-0.39, 0.29) is 29.2 Å². The minimum atomic E-state index is -0.755. The molecule has 0 saturated heterocycles. The van der Waals surface area contributed by atoms with Crippen molar-refractivity contribution < 1.29 is 19.4 Å². The predicted octanol–water partition coefficient (Wildman–Crippen LogP) is 3.54. The first kappa shape index (κ1) is 17.7. The Morgan fingerprint density at radius 2 is 1.77 bits per heavy atom. The highest BCUT2D eigenvalue weighted by atomic mass is 35.5. The third kappa shape index (κ3) is 3.54. The zero-order chi connectivity index (χ0) is 18.3. The number of hydrogen-bond acceptors (Lipinski definition) is 4. The van der Waals surface area contributed by atoms with Crippen LogP contribution in [0.1, 0.15) is 48.9 Å². The molecule has 0 aromatic heterocycles. The fourth-order valence-corrected chi connectivity index (χ4v) is 5.90. The van der Waals surface area contributed by atoms with Crippen LogP contribution in [0.25, 0.3) is 0 Å². The number of hydrogen-bond donors (Lipinski definition) is 2. The van der Waals surface area contributed by atoms with Crippen molar-refractivity contribution in [1.29, 1.82) is 0 Å². The molecule has 4 fully saturated rings. The molecule has 4 aliphatic rings. The van der Waals surface area contributed by atoms with E-state index in [0.29, 0.717) is 11.6 Å². The summed E-state index contributed by atoms with van der Waals surface area (Å²) >= 11 is 5.83. The molecule has 0 atom stereocenters. The molecule has 1 aromatic carbocycles. The monoisotopic (exact) mass is 377 g/mol. The van der Waals surface area contributed by atoms with Crippen LogP contribution in [-0.2, 0) is 9.53 Å². The van der Waals surface area contributed by atoms with Gasteiger partial charge in [0.2, 0.25) is 0 Å². The molecule has 4 bridgehead atoms. The molecule has 6 heteroatoms. The average molecular weight is 378 g/mol. The minimum absolute atomic E-state index is 0.0358. The van der Waals surface area contributed by atoms with Crippen molar-refractivity contribution in [3.05, 3.63) is 28.8 Å². The molecule has 1 aromatic rings. The van der Waals surface area contributed by atoms with Crippen LogP contribution >= 0.6 is 11.6 Å². The molecule has 5 nitrogen and oxygen atoms in total. The number of phenolic OH excluding ortho intramolecular Hbond substituents is 1. The number of amides is 1. The number of benzene rings is 1. The zero-order valence-electron chi connectivity index (χ0n) is 14.7. The Labute approximate surface area is 158 Å². The quantitative estimate of drug-likeness (QED) is 0.769. The van der Waals surface area contributed by atoms with Gasteiger partial charge in [0.1, 0.15) is 11.3 Å². The largest absolute Gasteiger partial charge is 0.507 e. The second kappa shape index (κ2) is 6.76. The van der Waals surface area contributed by atoms with E-state index in [1.54, 1.807) is 0 Å². The smallest absolute Gasteiger partial charge is 0.342 e. The van der Waals surface area contributed by atoms with E-state index in [1.165, 1.54) is 56.7 Å². The van der Waals surface area contributed by atoms with Gasteiger partial charge in [-0.2, -0.15) is 0 Å². The predicted molar refractivity (Wildman–Crippen MR) is 97.0 cm³/mol. The molecule has 4 aliphatic carbocycles. The summed E-state index contributed by atoms with van der Waals surface area (Å²) in [6, 6.07) is 4.13. The Kier molecular flexibility index (Phi) is 4.59. The molecule has 1 amide bonds. The standard InChI is InChI=1S/C20H24ClNO4/c21-15-1-2-17(23)16(6-15)19(25)26-10-18(24)22-11-20-7-12-3-13(8-20)5-14(4-12)9-20/h1-2,6,12-14,23H,3-5,7-11H2,(H,22,24). The lowest BCUT2D eigenvalue weighted by molar-refractivity contribution is -0.126. The molecule has 2 N–H and O–H groups in total. The van der Waals surface area contributed by atoms with E-state index in [2.05, 4.69) is 5.32 Å². The summed E-state index contributed by atoms with van der Waals surface area (Å²) in [6.07, 6.45) is 7.76. The zero-order valence-corrected chi connectivity index (χ0v) is 15.4. The van der Waals surface area contributed by atoms with Gasteiger partial charge in [0.05, 0.1) is 0 Å². The topological polar surface area (TPSA) is 75.6 Å². The maximum Gasteiger partial charge on any atom is 0.342 e. The summed E-state index contributed by atoms with van der Waals surface area (Å²) in [5.41, 5.74) is 0.214. The van der Waals surface area contributed by atoms with Gasteiger partial charge in [-0.25, -0.2) is 4.79 Å². The average Bonchev–Trinajstić information content (AvgIpc) is 2.59. The van der Waals surface area contributed by atoms with E-state index in [9.17, 15) is 14.7 Å². The van der Waals surface area contributed by atoms with Gasteiger partial charge in [-0.1, -0.05) is 11.6 Å². The first-order valence-electron chi connectivity index (χ1n) is 9.35. The lowest BCUT2D eigenvalue weighted by atomic mass is 9.49. The highest BCUT2D eigenvalue weighted by molar-refractivity contribution is 6.31. The Hall–Kier alpha value is -1.75. The van der Waals surface area contributed by atoms with Crippen LogP contribution in [0.5, 0.6) is 5.75 Å². The summed E-state index contributed by atoms with van der Waals surface area (Å²) in [6.45, 7) is 0.326. The Morgan fingerprint density at radius 1 is 1.15 bits per heavy atom. The van der Waals surface area contributed by atoms with E-state index in [1.807, 2.05) is 0 Å². The Morgan fingerprint density at radius 3 is 2.38 bits per heavy atom. The number of halogens is 1. The lowest BCUT2D eigenvalue weighted by Gasteiger charge is -2.56. The molecule has 0 unspecified atom stereocenters. The van der Waals surface area contributed by atoms with Crippen molar-refractivity contribution in [1.82, 2.24) is 5.32 Å². The first-order valence-corrected chi connectivity index (χ1v) is 9.73. The van der Waals surface area contributed by atoms with E-state index in [4.69, 9.17) is 16.3 Å². The summed E-state index contributed by atoms with van der Waals surface area (Å²) in [5.74, 6) is 1.24. The van der Waals surface area contributed by atoms with Crippen molar-refractivity contribution in [2.75, 3.05) is 13.2 Å². The van der Waals surface area contributed by atoms with Gasteiger partial charge in [0.25, 0.3) is 5.91 Å². The van der Waals surface area contributed by atoms with Gasteiger partial charge >= 0.3 is 5.97 Å². The second-order valence-electron chi connectivity index (χ2n) is 8.43. The summed E-state index contributed by atoms with van der Waals surface area (Å²) < 4.78 is 5.03. The number of ether oxygens (including phenoxy) is 1. The lowest BCUT2D eigenvalue weighted by Crippen LogP contribution is -2.51. The SMILES string of the molecule is O=C(COC(=O)c1cc(Cl)ccc1O)NCC12CC3CC(CC(C3)C1)C2. The fraction of sp³-hybridized carbons (Fsp3) is 0.600. The van der Waals surface area contributed by atoms with Crippen molar-refractivity contribution in [2.45, 2.75) is 38.5 Å². The summed E-state index contributed by atoms with van der Waals surface area (Å²) in [5, 5.41) is 13.0. The van der Waals surface area contributed by atoms with Crippen LogP contribution in [0, 0.1) is 23.2 Å². The maximum absolute atomic E-state index is 12.1. The highest BCUT2D eigenvalue weighted by Gasteiger charge is 2.50. The van der Waals surface area contributed by atoms with Crippen molar-refractivity contribution in [3.63, 3.8) is 0 Å². The number of rotatable bonds is 5. The summed E-state index contributed by atoms with van der Waals surface area (Å²) in [7, 11) is 0. The maximum atomic E-state index is 12.1. The second-order valence-corrected chi connectivity index (χ2v) is 8.87. The number of esters is 1. The van der Waals surface area contributed by atoms with Crippen LogP contribution < -0.4 is 5.32 Å². The molecule has 140 valence electrons. The number of aromatic hydroxyl groups is 1. The highest BCUT2D eigenvalue weighted by Crippen LogP contribution is 2.59. The molecule has 5 rings (SSSR count). The van der Waals surface area contributed by atoms with Crippen molar-refractivity contribution in [2.24, 2.45) is 23.2 Å². The molecule has 0 radical (unpaired) electrons. The molecule has 0 heterocycles. The Balaban J connectivity index is 1.28. The molecule has 4 saturated carbocycles. The number of nitrogens with one attached hydrogen (secondary N) is 1. The fourth-order valence-electron chi connectivity index (χ4n) is 5.72. The van der Waals surface area contributed by atoms with Gasteiger partial charge in [0, 0.05) is 11.6 Å². The van der Waals surface area contributed by atoms with Crippen LogP contribution in [0.15, 0.2) is 18.2 Å². The van der Waals surface area contributed by atoms with Gasteiger partial charge in [0.15, 0.2) is 6.61 Å². The molecule has 0 spiro atoms. The van der Waals surface area contributed by atoms with Gasteiger partial charge < -0.3 is 15.2 Å². The number of phenols is 1. The van der Waals surface area contributed by atoms with Gasteiger partial charge in [-0.15, -0.1) is 0 Å². The normalized spacial score (nSPS) is 31.7. The number of carbonyl (C=O) groups is 2. The molecule has 0 aliphatic heterocycles. The third-order valence-electron chi connectivity index (χ3n) is 6.34. The summed E-state index contributed by atoms with van der Waals surface area (Å²) in [4.78, 5) is 24.2. The van der Waals surface area contributed by atoms with Crippen molar-refractivity contribution in [3.8, 4) is 5.75 Å². The minimum Gasteiger partial charge on any atom is -0.507 e. The number of carbonyl (C=O) groups excluding carboxylic acids is 2. The van der Waals surface area contributed by atoms with Crippen LogP contribution in [0.4, 0.5) is 0 Å². The van der Waals surface area contributed by atoms with Gasteiger partial charge in [-0.3, -0.25) is 4.79 Å². The molecular weight excluding hydrogens is 354 g/mol. The van der Waals surface area contributed by atoms with Crippen LogP contribution in [0.2, 0.25) is 5.02 Å². The van der Waals surface area contributed by atoms with Crippen LogP contribution in [0.3, 0.4) is 0 Å². The van der Waals surface area contributed by atoms with Crippen LogP contribution in [-0.4, -0.2) is 30.1 Å². The third-order valence-corrected chi connectivity index (χ3v) is 6.57. The molecular formula is C20H24ClNO4. The van der Waals surface area contributed by atoms with E-state index < -0.39 is 5.97 Å². The van der Waals surface area contributed by atoms with E-state index in [0.717, 1.165) is 17.8 Å². The Bertz CT molecular complexity index is 697.